The molecule has 0 aliphatic carbocycles. The molecule has 0 bridgehead atoms. The van der Waals surface area contributed by atoms with E-state index >= 15 is 0 Å². The van der Waals surface area contributed by atoms with Crippen LogP contribution in [0.25, 0.3) is 0 Å². The molecule has 1 aliphatic rings. The quantitative estimate of drug-likeness (QED) is 0.533. The van der Waals surface area contributed by atoms with Gasteiger partial charge < -0.3 is 10.6 Å². The van der Waals surface area contributed by atoms with Crippen molar-refractivity contribution in [1.82, 2.24) is 10.6 Å². The number of amides is 1. The van der Waals surface area contributed by atoms with E-state index in [9.17, 15) is 4.79 Å². The monoisotopic (exact) mass is 210 g/mol. The first-order valence-corrected chi connectivity index (χ1v) is 5.91. The van der Waals surface area contributed by atoms with Crippen LogP contribution in [0.4, 0.5) is 0 Å². The third-order valence-corrected chi connectivity index (χ3v) is 2.80. The van der Waals surface area contributed by atoms with Crippen LogP contribution >= 0.6 is 0 Å². The van der Waals surface area contributed by atoms with Gasteiger partial charge in [-0.05, 0) is 45.2 Å². The van der Waals surface area contributed by atoms with Crippen molar-refractivity contribution >= 4 is 5.91 Å². The van der Waals surface area contributed by atoms with Gasteiger partial charge >= 0.3 is 0 Å². The summed E-state index contributed by atoms with van der Waals surface area (Å²) in [6, 6.07) is 0. The second kappa shape index (κ2) is 7.46. The highest BCUT2D eigenvalue weighted by Crippen LogP contribution is 2.15. The Bertz CT molecular complexity index is 208. The predicted molar refractivity (Wildman–Crippen MR) is 62.7 cm³/mol. The van der Waals surface area contributed by atoms with Crippen molar-refractivity contribution in [2.45, 2.75) is 32.6 Å². The average Bonchev–Trinajstić information content (AvgIpc) is 2.26. The fraction of sp³-hybridized carbons (Fsp3) is 0.750. The molecule has 3 nitrogen and oxygen atoms in total. The minimum atomic E-state index is 0.214. The summed E-state index contributed by atoms with van der Waals surface area (Å²) < 4.78 is 0. The number of hydrogen-bond donors (Lipinski definition) is 2. The second-order valence-electron chi connectivity index (χ2n) is 4.11. The van der Waals surface area contributed by atoms with Crippen LogP contribution in [0.1, 0.15) is 32.6 Å². The number of nitrogens with one attached hydrogen (secondary N) is 2. The summed E-state index contributed by atoms with van der Waals surface area (Å²) >= 11 is 0. The molecule has 1 rings (SSSR count). The van der Waals surface area contributed by atoms with Gasteiger partial charge in [0.2, 0.25) is 5.91 Å². The van der Waals surface area contributed by atoms with E-state index in [4.69, 9.17) is 0 Å². The summed E-state index contributed by atoms with van der Waals surface area (Å²) in [5.74, 6) is 0.805. The first kappa shape index (κ1) is 12.2. The van der Waals surface area contributed by atoms with Crippen LogP contribution in [0, 0.1) is 5.92 Å². The van der Waals surface area contributed by atoms with Crippen molar-refractivity contribution in [3.05, 3.63) is 12.2 Å². The van der Waals surface area contributed by atoms with Gasteiger partial charge in [0.15, 0.2) is 0 Å². The van der Waals surface area contributed by atoms with E-state index < -0.39 is 0 Å². The van der Waals surface area contributed by atoms with Gasteiger partial charge in [-0.25, -0.2) is 0 Å². The second-order valence-corrected chi connectivity index (χ2v) is 4.11. The first-order chi connectivity index (χ1) is 7.33. The van der Waals surface area contributed by atoms with E-state index in [0.29, 0.717) is 12.3 Å². The van der Waals surface area contributed by atoms with Crippen LogP contribution in [0.15, 0.2) is 12.2 Å². The number of rotatable bonds is 5. The van der Waals surface area contributed by atoms with Gasteiger partial charge in [-0.2, -0.15) is 0 Å². The topological polar surface area (TPSA) is 41.1 Å². The van der Waals surface area contributed by atoms with E-state index in [2.05, 4.69) is 16.7 Å². The smallest absolute Gasteiger partial charge is 0.220 e. The lowest BCUT2D eigenvalue weighted by Crippen LogP contribution is -2.32. The summed E-state index contributed by atoms with van der Waals surface area (Å²) in [6.45, 7) is 4.90. The van der Waals surface area contributed by atoms with Crippen LogP contribution in [-0.4, -0.2) is 25.5 Å². The Balaban J connectivity index is 2.06. The molecule has 1 aliphatic heterocycles. The normalized spacial score (nSPS) is 18.2. The molecule has 1 heterocycles. The fourth-order valence-corrected chi connectivity index (χ4v) is 1.88. The summed E-state index contributed by atoms with van der Waals surface area (Å²) in [6.07, 6.45) is 8.01. The van der Waals surface area contributed by atoms with Crippen molar-refractivity contribution in [2.24, 2.45) is 5.92 Å². The van der Waals surface area contributed by atoms with Crippen LogP contribution in [0.3, 0.4) is 0 Å². The summed E-state index contributed by atoms with van der Waals surface area (Å²) in [4.78, 5) is 11.5. The summed E-state index contributed by atoms with van der Waals surface area (Å²) in [5, 5.41) is 6.26. The highest BCUT2D eigenvalue weighted by Gasteiger charge is 2.15. The zero-order valence-corrected chi connectivity index (χ0v) is 9.59. The lowest BCUT2D eigenvalue weighted by Gasteiger charge is -2.21. The molecule has 0 radical (unpaired) electrons. The van der Waals surface area contributed by atoms with Crippen molar-refractivity contribution in [2.75, 3.05) is 19.6 Å². The predicted octanol–water partition coefficient (Wildman–Crippen LogP) is 1.46. The molecule has 15 heavy (non-hydrogen) atoms. The van der Waals surface area contributed by atoms with E-state index in [0.717, 1.165) is 38.9 Å². The Kier molecular flexibility index (Phi) is 6.09. The SMILES string of the molecule is C/C=C/CCNC(=O)CC1CCNCC1. The molecule has 86 valence electrons. The highest BCUT2D eigenvalue weighted by atomic mass is 16.1. The third kappa shape index (κ3) is 5.57. The molecule has 0 aromatic heterocycles. The standard InChI is InChI=1S/C12H22N2O/c1-2-3-4-7-14-12(15)10-11-5-8-13-9-6-11/h2-3,11,13H,4-10H2,1H3,(H,14,15)/b3-2+. The number of piperidine rings is 1. The van der Waals surface area contributed by atoms with Crippen LogP contribution in [0.2, 0.25) is 0 Å². The van der Waals surface area contributed by atoms with E-state index in [-0.39, 0.29) is 5.91 Å². The third-order valence-electron chi connectivity index (χ3n) is 2.80. The fourth-order valence-electron chi connectivity index (χ4n) is 1.88. The highest BCUT2D eigenvalue weighted by molar-refractivity contribution is 5.76. The Labute approximate surface area is 92.3 Å². The molecular formula is C12H22N2O. The van der Waals surface area contributed by atoms with Gasteiger partial charge in [0, 0.05) is 13.0 Å². The van der Waals surface area contributed by atoms with Crippen molar-refractivity contribution in [3.8, 4) is 0 Å². The van der Waals surface area contributed by atoms with Gasteiger partial charge in [0.1, 0.15) is 0 Å². The van der Waals surface area contributed by atoms with Crippen molar-refractivity contribution in [3.63, 3.8) is 0 Å². The molecule has 1 fully saturated rings. The molecule has 0 aromatic rings. The van der Waals surface area contributed by atoms with Crippen molar-refractivity contribution < 1.29 is 4.79 Å². The summed E-state index contributed by atoms with van der Waals surface area (Å²) in [7, 11) is 0. The zero-order valence-electron chi connectivity index (χ0n) is 9.59. The van der Waals surface area contributed by atoms with Crippen molar-refractivity contribution in [1.29, 1.82) is 0 Å². The molecule has 0 unspecified atom stereocenters. The maximum Gasteiger partial charge on any atom is 0.220 e. The molecule has 1 amide bonds. The molecule has 0 atom stereocenters. The molecular weight excluding hydrogens is 188 g/mol. The van der Waals surface area contributed by atoms with Gasteiger partial charge in [-0.15, -0.1) is 0 Å². The van der Waals surface area contributed by atoms with Crippen LogP contribution in [-0.2, 0) is 4.79 Å². The van der Waals surface area contributed by atoms with E-state index in [1.807, 2.05) is 13.0 Å². The number of carbonyl (C=O) groups is 1. The van der Waals surface area contributed by atoms with Gasteiger partial charge in [0.25, 0.3) is 0 Å². The Morgan fingerprint density at radius 2 is 2.20 bits per heavy atom. The molecule has 1 saturated heterocycles. The van der Waals surface area contributed by atoms with Gasteiger partial charge in [-0.1, -0.05) is 12.2 Å². The largest absolute Gasteiger partial charge is 0.356 e. The van der Waals surface area contributed by atoms with Gasteiger partial charge in [-0.3, -0.25) is 4.79 Å². The molecule has 0 saturated carbocycles. The number of allylic oxidation sites excluding steroid dienone is 1. The lowest BCUT2D eigenvalue weighted by atomic mass is 9.94. The van der Waals surface area contributed by atoms with E-state index in [1.165, 1.54) is 0 Å². The first-order valence-electron chi connectivity index (χ1n) is 5.91. The molecule has 3 heteroatoms. The minimum Gasteiger partial charge on any atom is -0.356 e. The van der Waals surface area contributed by atoms with Crippen LogP contribution < -0.4 is 10.6 Å². The Morgan fingerprint density at radius 1 is 1.47 bits per heavy atom. The maximum atomic E-state index is 11.5. The lowest BCUT2D eigenvalue weighted by molar-refractivity contribution is -0.122. The van der Waals surface area contributed by atoms with E-state index in [1.54, 1.807) is 0 Å². The number of hydrogen-bond acceptors (Lipinski definition) is 2. The zero-order chi connectivity index (χ0) is 10.9. The molecule has 0 aromatic carbocycles. The molecule has 2 N–H and O–H groups in total. The number of carbonyl (C=O) groups excluding carboxylic acids is 1. The molecule has 0 spiro atoms. The average molecular weight is 210 g/mol. The maximum absolute atomic E-state index is 11.5. The Hall–Kier alpha value is -0.830. The Morgan fingerprint density at radius 3 is 2.87 bits per heavy atom. The van der Waals surface area contributed by atoms with Gasteiger partial charge in [0.05, 0.1) is 0 Å². The summed E-state index contributed by atoms with van der Waals surface area (Å²) in [5.41, 5.74) is 0. The minimum absolute atomic E-state index is 0.214. The van der Waals surface area contributed by atoms with Crippen LogP contribution in [0.5, 0.6) is 0 Å².